The first-order chi connectivity index (χ1) is 16.5. The first-order valence-corrected chi connectivity index (χ1v) is 11.8. The number of imidazole rings is 1. The highest BCUT2D eigenvalue weighted by molar-refractivity contribution is 6.30. The van der Waals surface area contributed by atoms with Gasteiger partial charge >= 0.3 is 5.97 Å². The van der Waals surface area contributed by atoms with Gasteiger partial charge in [0.25, 0.3) is 0 Å². The molecule has 34 heavy (non-hydrogen) atoms. The summed E-state index contributed by atoms with van der Waals surface area (Å²) in [6.07, 6.45) is 9.57. The molecule has 4 aromatic heterocycles. The van der Waals surface area contributed by atoms with Crippen LogP contribution in [0.15, 0.2) is 48.9 Å². The van der Waals surface area contributed by atoms with Crippen LogP contribution in [-0.2, 0) is 6.54 Å². The van der Waals surface area contributed by atoms with Crippen molar-refractivity contribution in [3.63, 3.8) is 0 Å². The molecule has 5 rings (SSSR count). The molecule has 4 aromatic rings. The largest absolute Gasteiger partial charge is 0.477 e. The smallest absolute Gasteiger partial charge is 0.354 e. The molecule has 0 amide bonds. The number of anilines is 2. The van der Waals surface area contributed by atoms with E-state index in [0.717, 1.165) is 30.8 Å². The Morgan fingerprint density at radius 3 is 2.71 bits per heavy atom. The number of fused-ring (bicyclic) bond motifs is 1. The van der Waals surface area contributed by atoms with E-state index in [1.54, 1.807) is 18.5 Å². The normalized spacial score (nSPS) is 18.2. The highest BCUT2D eigenvalue weighted by atomic mass is 35.5. The van der Waals surface area contributed by atoms with Crippen molar-refractivity contribution in [3.05, 3.63) is 59.6 Å². The standard InChI is InChI=1S/C25H25ClN6O2/c1-15-5-7-16(8-6-15)14-32-23-19(30-25(32)31-21-4-2-3-9-28-21)11-20(24(33)34)29-22(23)17-10-18(26)13-27-12-17/h2-4,9-13,15-16H,5-8,14H2,1H3,(H,33,34)(H,28,30,31). The first kappa shape index (κ1) is 22.3. The molecule has 0 saturated heterocycles. The molecule has 1 fully saturated rings. The molecule has 0 bridgehead atoms. The van der Waals surface area contributed by atoms with Crippen molar-refractivity contribution in [1.82, 2.24) is 24.5 Å². The van der Waals surface area contributed by atoms with E-state index >= 15 is 0 Å². The quantitative estimate of drug-likeness (QED) is 0.361. The third kappa shape index (κ3) is 4.59. The van der Waals surface area contributed by atoms with Gasteiger partial charge < -0.3 is 15.0 Å². The Hall–Kier alpha value is -3.52. The molecule has 0 spiro atoms. The highest BCUT2D eigenvalue weighted by Crippen LogP contribution is 2.35. The summed E-state index contributed by atoms with van der Waals surface area (Å²) in [5.74, 6) is 1.38. The summed E-state index contributed by atoms with van der Waals surface area (Å²) in [4.78, 5) is 29.7. The molecule has 0 radical (unpaired) electrons. The van der Waals surface area contributed by atoms with Crippen LogP contribution in [0.25, 0.3) is 22.3 Å². The summed E-state index contributed by atoms with van der Waals surface area (Å²) < 4.78 is 2.11. The Bertz CT molecular complexity index is 1330. The van der Waals surface area contributed by atoms with Crippen LogP contribution in [0.5, 0.6) is 0 Å². The molecule has 1 aliphatic rings. The molecule has 0 aromatic carbocycles. The van der Waals surface area contributed by atoms with Crippen molar-refractivity contribution in [1.29, 1.82) is 0 Å². The molecule has 0 atom stereocenters. The third-order valence-corrected chi connectivity index (χ3v) is 6.61. The predicted octanol–water partition coefficient (Wildman–Crippen LogP) is 5.81. The number of carboxylic acids is 1. The van der Waals surface area contributed by atoms with E-state index in [2.05, 4.69) is 31.8 Å². The average Bonchev–Trinajstić information content (AvgIpc) is 3.17. The number of aromatic nitrogens is 5. The summed E-state index contributed by atoms with van der Waals surface area (Å²) in [6, 6.07) is 8.88. The van der Waals surface area contributed by atoms with E-state index in [1.807, 2.05) is 18.2 Å². The Kier molecular flexibility index (Phi) is 6.15. The maximum atomic E-state index is 11.9. The average molecular weight is 477 g/mol. The monoisotopic (exact) mass is 476 g/mol. The minimum atomic E-state index is -1.12. The number of nitrogens with zero attached hydrogens (tertiary/aromatic N) is 5. The number of hydrogen-bond donors (Lipinski definition) is 2. The number of nitrogens with one attached hydrogen (secondary N) is 1. The van der Waals surface area contributed by atoms with Crippen LogP contribution in [0.3, 0.4) is 0 Å². The molecular weight excluding hydrogens is 452 g/mol. The van der Waals surface area contributed by atoms with E-state index in [4.69, 9.17) is 16.6 Å². The van der Waals surface area contributed by atoms with E-state index in [1.165, 1.54) is 25.1 Å². The summed E-state index contributed by atoms with van der Waals surface area (Å²) in [5, 5.41) is 13.5. The van der Waals surface area contributed by atoms with Gasteiger partial charge in [-0.05, 0) is 48.9 Å². The van der Waals surface area contributed by atoms with Crippen LogP contribution in [0.4, 0.5) is 11.8 Å². The molecule has 1 aliphatic carbocycles. The molecule has 0 aliphatic heterocycles. The van der Waals surface area contributed by atoms with Gasteiger partial charge in [-0.15, -0.1) is 0 Å². The zero-order valence-electron chi connectivity index (χ0n) is 18.8. The van der Waals surface area contributed by atoms with Gasteiger partial charge in [0.1, 0.15) is 5.82 Å². The molecule has 2 N–H and O–H groups in total. The SMILES string of the molecule is CC1CCC(Cn2c(Nc3ccccn3)nc3cc(C(=O)O)nc(-c4cncc(Cl)c4)c32)CC1. The fourth-order valence-corrected chi connectivity index (χ4v) is 4.78. The topological polar surface area (TPSA) is 106 Å². The van der Waals surface area contributed by atoms with Crippen molar-refractivity contribution in [3.8, 4) is 11.3 Å². The van der Waals surface area contributed by atoms with Crippen molar-refractivity contribution in [2.45, 2.75) is 39.2 Å². The van der Waals surface area contributed by atoms with Gasteiger partial charge in [-0.3, -0.25) is 4.98 Å². The molecule has 174 valence electrons. The second-order valence-corrected chi connectivity index (χ2v) is 9.37. The Labute approximate surface area is 202 Å². The molecule has 0 unspecified atom stereocenters. The maximum absolute atomic E-state index is 11.9. The lowest BCUT2D eigenvalue weighted by Crippen LogP contribution is -2.19. The van der Waals surface area contributed by atoms with Crippen molar-refractivity contribution < 1.29 is 9.90 Å². The summed E-state index contributed by atoms with van der Waals surface area (Å²) in [6.45, 7) is 3.05. The third-order valence-electron chi connectivity index (χ3n) is 6.40. The van der Waals surface area contributed by atoms with Gasteiger partial charge in [0.2, 0.25) is 5.95 Å². The maximum Gasteiger partial charge on any atom is 0.354 e. The Balaban J connectivity index is 1.70. The molecule has 4 heterocycles. The van der Waals surface area contributed by atoms with Crippen LogP contribution >= 0.6 is 11.6 Å². The molecular formula is C25H25ClN6O2. The van der Waals surface area contributed by atoms with Crippen LogP contribution in [0, 0.1) is 11.8 Å². The Morgan fingerprint density at radius 2 is 2.00 bits per heavy atom. The van der Waals surface area contributed by atoms with Crippen LogP contribution in [0.1, 0.15) is 43.1 Å². The van der Waals surface area contributed by atoms with Gasteiger partial charge in [-0.2, -0.15) is 0 Å². The summed E-state index contributed by atoms with van der Waals surface area (Å²) >= 11 is 6.22. The second-order valence-electron chi connectivity index (χ2n) is 8.93. The Morgan fingerprint density at radius 1 is 1.18 bits per heavy atom. The molecule has 9 heteroatoms. The number of halogens is 1. The zero-order chi connectivity index (χ0) is 23.7. The van der Waals surface area contributed by atoms with Gasteiger partial charge in [0.05, 0.1) is 21.7 Å². The van der Waals surface area contributed by atoms with E-state index in [-0.39, 0.29) is 5.69 Å². The molecule has 1 saturated carbocycles. The van der Waals surface area contributed by atoms with E-state index in [0.29, 0.717) is 39.5 Å². The summed E-state index contributed by atoms with van der Waals surface area (Å²) in [5.41, 5.74) is 2.36. The minimum absolute atomic E-state index is 0.0806. The van der Waals surface area contributed by atoms with Crippen molar-refractivity contribution in [2.75, 3.05) is 5.32 Å². The number of hydrogen-bond acceptors (Lipinski definition) is 6. The first-order valence-electron chi connectivity index (χ1n) is 11.4. The zero-order valence-corrected chi connectivity index (χ0v) is 19.5. The number of carbonyl (C=O) groups is 1. The van der Waals surface area contributed by atoms with Crippen molar-refractivity contribution in [2.24, 2.45) is 11.8 Å². The lowest BCUT2D eigenvalue weighted by molar-refractivity contribution is 0.0691. The lowest BCUT2D eigenvalue weighted by atomic mass is 9.83. The highest BCUT2D eigenvalue weighted by Gasteiger charge is 2.25. The van der Waals surface area contributed by atoms with Crippen LogP contribution < -0.4 is 5.32 Å². The van der Waals surface area contributed by atoms with Crippen molar-refractivity contribution >= 4 is 40.4 Å². The van der Waals surface area contributed by atoms with E-state index in [9.17, 15) is 9.90 Å². The van der Waals surface area contributed by atoms with Crippen LogP contribution in [0.2, 0.25) is 5.02 Å². The number of carboxylic acid groups (broad SMARTS) is 1. The van der Waals surface area contributed by atoms with Gasteiger partial charge in [0, 0.05) is 30.7 Å². The van der Waals surface area contributed by atoms with Gasteiger partial charge in [0.15, 0.2) is 5.69 Å². The number of pyridine rings is 3. The predicted molar refractivity (Wildman–Crippen MR) is 131 cm³/mol. The number of aromatic carboxylic acids is 1. The number of rotatable bonds is 6. The second kappa shape index (κ2) is 9.38. The van der Waals surface area contributed by atoms with Gasteiger partial charge in [-0.25, -0.2) is 19.7 Å². The minimum Gasteiger partial charge on any atom is -0.477 e. The summed E-state index contributed by atoms with van der Waals surface area (Å²) in [7, 11) is 0. The molecule has 8 nitrogen and oxygen atoms in total. The van der Waals surface area contributed by atoms with E-state index < -0.39 is 5.97 Å². The van der Waals surface area contributed by atoms with Gasteiger partial charge in [-0.1, -0.05) is 37.4 Å². The fourth-order valence-electron chi connectivity index (χ4n) is 4.60. The fraction of sp³-hybridized carbons (Fsp3) is 0.320. The lowest BCUT2D eigenvalue weighted by Gasteiger charge is -2.27. The van der Waals surface area contributed by atoms with Crippen LogP contribution in [-0.4, -0.2) is 35.6 Å².